The number of benzene rings is 1. The molecule has 5 heteroatoms. The van der Waals surface area contributed by atoms with Crippen LogP contribution in [0.1, 0.15) is 13.3 Å². The molecule has 2 aromatic rings. The van der Waals surface area contributed by atoms with Crippen LogP contribution in [0.4, 0.5) is 5.69 Å². The maximum Gasteiger partial charge on any atom is 0.323 e. The highest BCUT2D eigenvalue weighted by Gasteiger charge is 2.39. The first-order chi connectivity index (χ1) is 8.13. The van der Waals surface area contributed by atoms with Crippen LogP contribution in [0.2, 0.25) is 0 Å². The van der Waals surface area contributed by atoms with Gasteiger partial charge < -0.3 is 15.3 Å². The normalized spacial score (nSPS) is 22.6. The van der Waals surface area contributed by atoms with Crippen LogP contribution >= 0.6 is 0 Å². The highest BCUT2D eigenvalue weighted by molar-refractivity contribution is 5.95. The van der Waals surface area contributed by atoms with Crippen LogP contribution < -0.4 is 11.0 Å². The molecule has 1 aromatic heterocycles. The predicted octanol–water partition coefficient (Wildman–Crippen LogP) is 1.45. The van der Waals surface area contributed by atoms with Crippen molar-refractivity contribution in [2.45, 2.75) is 13.3 Å². The number of aromatic amines is 2. The lowest BCUT2D eigenvalue weighted by atomic mass is 10.2. The second-order valence-corrected chi connectivity index (χ2v) is 4.65. The number of anilines is 1. The lowest BCUT2D eigenvalue weighted by molar-refractivity contribution is -0.117. The van der Waals surface area contributed by atoms with Gasteiger partial charge in [0.15, 0.2) is 0 Å². The van der Waals surface area contributed by atoms with E-state index in [1.807, 2.05) is 0 Å². The minimum Gasteiger partial charge on any atom is -0.326 e. The van der Waals surface area contributed by atoms with Crippen LogP contribution in [0.5, 0.6) is 0 Å². The lowest BCUT2D eigenvalue weighted by Gasteiger charge is -2.03. The van der Waals surface area contributed by atoms with Crippen molar-refractivity contribution in [2.24, 2.45) is 11.8 Å². The van der Waals surface area contributed by atoms with E-state index in [0.717, 1.165) is 17.6 Å². The van der Waals surface area contributed by atoms with Crippen molar-refractivity contribution in [2.75, 3.05) is 5.32 Å². The van der Waals surface area contributed by atoms with E-state index in [0.29, 0.717) is 11.4 Å². The van der Waals surface area contributed by atoms with Crippen molar-refractivity contribution < 1.29 is 4.79 Å². The molecule has 1 fully saturated rings. The van der Waals surface area contributed by atoms with Gasteiger partial charge in [-0.15, -0.1) is 0 Å². The van der Waals surface area contributed by atoms with Crippen LogP contribution in [0.25, 0.3) is 11.0 Å². The molecule has 5 nitrogen and oxygen atoms in total. The third kappa shape index (κ3) is 1.84. The summed E-state index contributed by atoms with van der Waals surface area (Å²) in [6.07, 6.45) is 0.967. The molecule has 0 unspecified atom stereocenters. The van der Waals surface area contributed by atoms with Crippen molar-refractivity contribution in [3.8, 4) is 0 Å². The van der Waals surface area contributed by atoms with Crippen molar-refractivity contribution >= 4 is 22.6 Å². The topological polar surface area (TPSA) is 77.8 Å². The van der Waals surface area contributed by atoms with E-state index in [-0.39, 0.29) is 17.5 Å². The van der Waals surface area contributed by atoms with Crippen LogP contribution in [-0.4, -0.2) is 15.9 Å². The fraction of sp³-hybridized carbons (Fsp3) is 0.333. The van der Waals surface area contributed by atoms with Crippen LogP contribution in [-0.2, 0) is 4.79 Å². The molecule has 0 radical (unpaired) electrons. The fourth-order valence-corrected chi connectivity index (χ4v) is 2.03. The van der Waals surface area contributed by atoms with E-state index in [1.54, 1.807) is 18.2 Å². The molecule has 1 saturated carbocycles. The van der Waals surface area contributed by atoms with Crippen molar-refractivity contribution in [3.05, 3.63) is 28.7 Å². The van der Waals surface area contributed by atoms with E-state index >= 15 is 0 Å². The average molecular weight is 231 g/mol. The van der Waals surface area contributed by atoms with Gasteiger partial charge in [-0.2, -0.15) is 0 Å². The molecule has 17 heavy (non-hydrogen) atoms. The van der Waals surface area contributed by atoms with Crippen molar-refractivity contribution in [1.29, 1.82) is 0 Å². The van der Waals surface area contributed by atoms with E-state index in [9.17, 15) is 9.59 Å². The first kappa shape index (κ1) is 10.1. The largest absolute Gasteiger partial charge is 0.326 e. The number of hydrogen-bond acceptors (Lipinski definition) is 2. The Morgan fingerprint density at radius 1 is 1.35 bits per heavy atom. The van der Waals surface area contributed by atoms with Gasteiger partial charge in [0.25, 0.3) is 0 Å². The van der Waals surface area contributed by atoms with Gasteiger partial charge in [-0.3, -0.25) is 4.79 Å². The van der Waals surface area contributed by atoms with Gasteiger partial charge >= 0.3 is 5.69 Å². The molecule has 0 saturated heterocycles. The molecule has 1 aliphatic carbocycles. The quantitative estimate of drug-likeness (QED) is 0.731. The third-order valence-corrected chi connectivity index (χ3v) is 3.23. The Kier molecular flexibility index (Phi) is 2.07. The number of rotatable bonds is 2. The number of H-pyrrole nitrogens is 2. The lowest BCUT2D eigenvalue weighted by Crippen LogP contribution is -2.14. The molecule has 88 valence electrons. The molecule has 0 spiro atoms. The Morgan fingerprint density at radius 2 is 2.06 bits per heavy atom. The number of hydrogen-bond donors (Lipinski definition) is 3. The number of fused-ring (bicyclic) bond motifs is 1. The van der Waals surface area contributed by atoms with Crippen molar-refractivity contribution in [3.63, 3.8) is 0 Å². The monoisotopic (exact) mass is 231 g/mol. The van der Waals surface area contributed by atoms with Gasteiger partial charge in [-0.05, 0) is 30.5 Å². The smallest absolute Gasteiger partial charge is 0.323 e. The number of amides is 1. The standard InChI is InChI=1S/C12H13N3O2/c1-6-4-8(6)11(16)13-7-2-3-9-10(5-7)15-12(17)14-9/h2-3,5-6,8H,4H2,1H3,(H,13,16)(H2,14,15,17)/t6-,8-/m1/s1. The molecule has 0 bridgehead atoms. The molecule has 2 atom stereocenters. The summed E-state index contributed by atoms with van der Waals surface area (Å²) >= 11 is 0. The van der Waals surface area contributed by atoms with E-state index in [1.165, 1.54) is 0 Å². The number of nitrogens with one attached hydrogen (secondary N) is 3. The Hall–Kier alpha value is -2.04. The van der Waals surface area contributed by atoms with E-state index in [2.05, 4.69) is 22.2 Å². The zero-order valence-electron chi connectivity index (χ0n) is 9.41. The first-order valence-corrected chi connectivity index (χ1v) is 5.66. The van der Waals surface area contributed by atoms with Gasteiger partial charge in [0.05, 0.1) is 11.0 Å². The average Bonchev–Trinajstić information content (AvgIpc) is 2.87. The number of imidazole rings is 1. The number of aromatic nitrogens is 2. The summed E-state index contributed by atoms with van der Waals surface area (Å²) < 4.78 is 0. The summed E-state index contributed by atoms with van der Waals surface area (Å²) in [5.41, 5.74) is 1.93. The highest BCUT2D eigenvalue weighted by Crippen LogP contribution is 2.38. The van der Waals surface area contributed by atoms with E-state index < -0.39 is 0 Å². The Morgan fingerprint density at radius 3 is 2.76 bits per heavy atom. The summed E-state index contributed by atoms with van der Waals surface area (Å²) in [6, 6.07) is 5.33. The summed E-state index contributed by atoms with van der Waals surface area (Å²) in [5, 5.41) is 2.86. The third-order valence-electron chi connectivity index (χ3n) is 3.23. The Labute approximate surface area is 97.2 Å². The molecular formula is C12H13N3O2. The second kappa shape index (κ2) is 3.48. The Balaban J connectivity index is 1.85. The highest BCUT2D eigenvalue weighted by atomic mass is 16.2. The molecular weight excluding hydrogens is 218 g/mol. The minimum atomic E-state index is -0.237. The molecule has 1 aromatic carbocycles. The molecule has 0 aliphatic heterocycles. The van der Waals surface area contributed by atoms with Gasteiger partial charge in [0, 0.05) is 11.6 Å². The maximum absolute atomic E-state index is 11.7. The number of carbonyl (C=O) groups is 1. The van der Waals surface area contributed by atoms with Gasteiger partial charge in [0.1, 0.15) is 0 Å². The van der Waals surface area contributed by atoms with Crippen LogP contribution in [0, 0.1) is 11.8 Å². The van der Waals surface area contributed by atoms with Gasteiger partial charge in [-0.1, -0.05) is 6.92 Å². The van der Waals surface area contributed by atoms with Gasteiger partial charge in [0.2, 0.25) is 5.91 Å². The van der Waals surface area contributed by atoms with E-state index in [4.69, 9.17) is 0 Å². The zero-order valence-corrected chi connectivity index (χ0v) is 9.41. The van der Waals surface area contributed by atoms with Crippen LogP contribution in [0.15, 0.2) is 23.0 Å². The summed E-state index contributed by atoms with van der Waals surface area (Å²) in [6.45, 7) is 2.07. The fourth-order valence-electron chi connectivity index (χ4n) is 2.03. The molecule has 3 rings (SSSR count). The molecule has 1 amide bonds. The summed E-state index contributed by atoms with van der Waals surface area (Å²) in [4.78, 5) is 28.1. The second-order valence-electron chi connectivity index (χ2n) is 4.65. The van der Waals surface area contributed by atoms with Gasteiger partial charge in [-0.25, -0.2) is 4.79 Å². The zero-order chi connectivity index (χ0) is 12.0. The predicted molar refractivity (Wildman–Crippen MR) is 64.8 cm³/mol. The maximum atomic E-state index is 11.7. The number of carbonyl (C=O) groups excluding carboxylic acids is 1. The van der Waals surface area contributed by atoms with Crippen molar-refractivity contribution in [1.82, 2.24) is 9.97 Å². The Bertz CT molecular complexity index is 640. The van der Waals surface area contributed by atoms with Crippen LogP contribution in [0.3, 0.4) is 0 Å². The molecule has 3 N–H and O–H groups in total. The first-order valence-electron chi connectivity index (χ1n) is 5.66. The summed E-state index contributed by atoms with van der Waals surface area (Å²) in [5.74, 6) is 0.705. The molecule has 1 aliphatic rings. The summed E-state index contributed by atoms with van der Waals surface area (Å²) in [7, 11) is 0. The SMILES string of the molecule is C[C@@H]1C[C@H]1C(=O)Nc1ccc2[nH]c(=O)[nH]c2c1. The molecule has 1 heterocycles. The minimum absolute atomic E-state index is 0.0646.